The fourth-order valence-electron chi connectivity index (χ4n) is 3.83. The maximum atomic E-state index is 13.5. The van der Waals surface area contributed by atoms with Gasteiger partial charge in [0.05, 0.1) is 16.6 Å². The third-order valence-corrected chi connectivity index (χ3v) is 5.34. The highest BCUT2D eigenvalue weighted by Crippen LogP contribution is 2.40. The highest BCUT2D eigenvalue weighted by Gasteiger charge is 2.31. The smallest absolute Gasteiger partial charge is 0.259 e. The molecule has 2 fully saturated rings. The molecule has 6 nitrogen and oxygen atoms in total. The lowest BCUT2D eigenvalue weighted by atomic mass is 10.0. The number of rotatable bonds is 5. The van der Waals surface area contributed by atoms with E-state index < -0.39 is 0 Å². The monoisotopic (exact) mass is 342 g/mol. The zero-order chi connectivity index (χ0) is 17.4. The van der Waals surface area contributed by atoms with Gasteiger partial charge in [-0.05, 0) is 58.2 Å². The van der Waals surface area contributed by atoms with Crippen molar-refractivity contribution < 1.29 is 9.32 Å². The Balaban J connectivity index is 1.75. The van der Waals surface area contributed by atoms with Crippen LogP contribution < -0.4 is 5.32 Å². The van der Waals surface area contributed by atoms with Gasteiger partial charge in [0, 0.05) is 24.2 Å². The van der Waals surface area contributed by atoms with Crippen LogP contribution in [0.4, 0.5) is 0 Å². The van der Waals surface area contributed by atoms with Gasteiger partial charge in [-0.25, -0.2) is 4.98 Å². The van der Waals surface area contributed by atoms with Crippen molar-refractivity contribution >= 4 is 17.0 Å². The largest absolute Gasteiger partial charge is 0.336 e. The van der Waals surface area contributed by atoms with Gasteiger partial charge in [0.15, 0.2) is 0 Å². The molecule has 1 saturated heterocycles. The van der Waals surface area contributed by atoms with Gasteiger partial charge in [-0.2, -0.15) is 0 Å². The van der Waals surface area contributed by atoms with E-state index in [1.165, 1.54) is 0 Å². The molecule has 1 saturated carbocycles. The lowest BCUT2D eigenvalue weighted by Gasteiger charge is -2.34. The first-order valence-corrected chi connectivity index (χ1v) is 9.47. The van der Waals surface area contributed by atoms with Crippen molar-refractivity contribution in [2.75, 3.05) is 19.6 Å². The molecular formula is C19H26N4O2. The number of pyridine rings is 1. The molecule has 2 aliphatic rings. The molecule has 0 aromatic carbocycles. The number of hydrogen-bond acceptors (Lipinski definition) is 5. The van der Waals surface area contributed by atoms with E-state index in [2.05, 4.69) is 27.3 Å². The van der Waals surface area contributed by atoms with Crippen molar-refractivity contribution in [3.63, 3.8) is 0 Å². The number of aromatic nitrogens is 2. The summed E-state index contributed by atoms with van der Waals surface area (Å²) in [5.41, 5.74) is 2.95. The van der Waals surface area contributed by atoms with Gasteiger partial charge in [0.1, 0.15) is 0 Å². The molecule has 2 aromatic heterocycles. The van der Waals surface area contributed by atoms with Crippen LogP contribution in [0.2, 0.25) is 0 Å². The summed E-state index contributed by atoms with van der Waals surface area (Å²) in [6, 6.07) is 2.30. The van der Waals surface area contributed by atoms with E-state index >= 15 is 0 Å². The van der Waals surface area contributed by atoms with Crippen molar-refractivity contribution in [2.45, 2.75) is 57.9 Å². The van der Waals surface area contributed by atoms with Crippen molar-refractivity contribution in [1.82, 2.24) is 20.4 Å². The van der Waals surface area contributed by atoms with Gasteiger partial charge >= 0.3 is 0 Å². The molecule has 4 rings (SSSR count). The number of fused-ring (bicyclic) bond motifs is 1. The lowest BCUT2D eigenvalue weighted by Crippen LogP contribution is -2.46. The predicted octanol–water partition coefficient (Wildman–Crippen LogP) is 3.01. The van der Waals surface area contributed by atoms with Crippen LogP contribution in [-0.4, -0.2) is 46.6 Å². The molecule has 0 spiro atoms. The molecular weight excluding hydrogens is 316 g/mol. The molecule has 0 bridgehead atoms. The quantitative estimate of drug-likeness (QED) is 0.904. The summed E-state index contributed by atoms with van der Waals surface area (Å²) < 4.78 is 5.40. The molecule has 0 radical (unpaired) electrons. The first-order chi connectivity index (χ1) is 12.2. The maximum Gasteiger partial charge on any atom is 0.259 e. The van der Waals surface area contributed by atoms with Crippen LogP contribution in [0, 0.1) is 6.92 Å². The van der Waals surface area contributed by atoms with Gasteiger partial charge < -0.3 is 14.7 Å². The Kier molecular flexibility index (Phi) is 4.46. The van der Waals surface area contributed by atoms with Gasteiger partial charge in [-0.1, -0.05) is 12.1 Å². The summed E-state index contributed by atoms with van der Waals surface area (Å²) in [7, 11) is 0. The minimum absolute atomic E-state index is 0.106. The average Bonchev–Trinajstić information content (AvgIpc) is 3.43. The van der Waals surface area contributed by atoms with Crippen molar-refractivity contribution in [3.05, 3.63) is 23.0 Å². The summed E-state index contributed by atoms with van der Waals surface area (Å²) in [5, 5.41) is 8.23. The number of piperidine rings is 1. The van der Waals surface area contributed by atoms with E-state index in [-0.39, 0.29) is 5.91 Å². The number of nitrogens with zero attached hydrogens (tertiary/aromatic N) is 3. The second kappa shape index (κ2) is 6.75. The number of nitrogens with one attached hydrogen (secondary N) is 1. The average molecular weight is 342 g/mol. The fourth-order valence-corrected chi connectivity index (χ4v) is 3.83. The Bertz CT molecular complexity index is 775. The van der Waals surface area contributed by atoms with Crippen LogP contribution in [0.5, 0.6) is 0 Å². The topological polar surface area (TPSA) is 71.3 Å². The molecule has 1 N–H and O–H groups in total. The molecule has 1 amide bonds. The number of carbonyl (C=O) groups excluding carboxylic acids is 1. The number of carbonyl (C=O) groups is 1. The second-order valence-electron chi connectivity index (χ2n) is 7.30. The van der Waals surface area contributed by atoms with E-state index in [0.717, 1.165) is 74.1 Å². The van der Waals surface area contributed by atoms with Crippen LogP contribution in [0.15, 0.2) is 10.6 Å². The first-order valence-electron chi connectivity index (χ1n) is 9.47. The first kappa shape index (κ1) is 16.5. The zero-order valence-corrected chi connectivity index (χ0v) is 15.0. The second-order valence-corrected chi connectivity index (χ2v) is 7.30. The molecule has 2 aromatic rings. The molecule has 3 heterocycles. The van der Waals surface area contributed by atoms with Gasteiger partial charge in [-0.15, -0.1) is 0 Å². The molecule has 134 valence electrons. The third-order valence-electron chi connectivity index (χ3n) is 5.34. The number of aryl methyl sites for hydroxylation is 1. The molecule has 6 heteroatoms. The van der Waals surface area contributed by atoms with E-state index in [1.807, 2.05) is 13.0 Å². The third kappa shape index (κ3) is 3.15. The van der Waals surface area contributed by atoms with Crippen LogP contribution in [0.3, 0.4) is 0 Å². The highest BCUT2D eigenvalue weighted by atomic mass is 16.5. The van der Waals surface area contributed by atoms with Crippen molar-refractivity contribution in [3.8, 4) is 0 Å². The SMILES string of the molecule is CCCN(C(=O)c1cc(C2CC2)nc2onc(C)c12)C1CCNCC1. The number of amides is 1. The minimum Gasteiger partial charge on any atom is -0.336 e. The Hall–Kier alpha value is -1.95. The van der Waals surface area contributed by atoms with Crippen LogP contribution in [0.25, 0.3) is 11.1 Å². The summed E-state index contributed by atoms with van der Waals surface area (Å²) >= 11 is 0. The number of hydrogen-bond donors (Lipinski definition) is 1. The summed E-state index contributed by atoms with van der Waals surface area (Å²) in [6.45, 7) is 6.75. The fraction of sp³-hybridized carbons (Fsp3) is 0.632. The molecule has 0 unspecified atom stereocenters. The van der Waals surface area contributed by atoms with E-state index in [1.54, 1.807) is 0 Å². The lowest BCUT2D eigenvalue weighted by molar-refractivity contribution is 0.0644. The minimum atomic E-state index is 0.106. The molecule has 1 aliphatic carbocycles. The van der Waals surface area contributed by atoms with Gasteiger partial charge in [-0.3, -0.25) is 4.79 Å². The Labute approximate surface area is 148 Å². The van der Waals surface area contributed by atoms with Gasteiger partial charge in [0.25, 0.3) is 11.6 Å². The summed E-state index contributed by atoms with van der Waals surface area (Å²) in [5.74, 6) is 0.578. The van der Waals surface area contributed by atoms with Crippen molar-refractivity contribution in [1.29, 1.82) is 0 Å². The molecule has 0 atom stereocenters. The Morgan fingerprint density at radius 3 is 2.76 bits per heavy atom. The van der Waals surface area contributed by atoms with E-state index in [0.29, 0.717) is 17.7 Å². The Morgan fingerprint density at radius 1 is 1.32 bits per heavy atom. The normalized spacial score (nSPS) is 18.6. The highest BCUT2D eigenvalue weighted by molar-refractivity contribution is 6.06. The summed E-state index contributed by atoms with van der Waals surface area (Å²) in [4.78, 5) is 20.2. The zero-order valence-electron chi connectivity index (χ0n) is 15.0. The molecule has 1 aliphatic heterocycles. The van der Waals surface area contributed by atoms with E-state index in [9.17, 15) is 4.79 Å². The summed E-state index contributed by atoms with van der Waals surface area (Å²) in [6.07, 6.45) is 5.27. The predicted molar refractivity (Wildman–Crippen MR) is 95.7 cm³/mol. The Morgan fingerprint density at radius 2 is 2.08 bits per heavy atom. The molecule has 25 heavy (non-hydrogen) atoms. The van der Waals surface area contributed by atoms with Gasteiger partial charge in [0.2, 0.25) is 0 Å². The van der Waals surface area contributed by atoms with Crippen LogP contribution in [-0.2, 0) is 0 Å². The van der Waals surface area contributed by atoms with Crippen LogP contribution in [0.1, 0.15) is 66.7 Å². The standard InChI is InChI=1S/C19H26N4O2/c1-3-10-23(14-6-8-20-9-7-14)19(24)15-11-16(13-4-5-13)21-18-17(15)12(2)22-25-18/h11,13-14,20H,3-10H2,1-2H3. The van der Waals surface area contributed by atoms with Crippen molar-refractivity contribution in [2.24, 2.45) is 0 Å². The van der Waals surface area contributed by atoms with Crippen LogP contribution >= 0.6 is 0 Å². The maximum absolute atomic E-state index is 13.5. The van der Waals surface area contributed by atoms with E-state index in [4.69, 9.17) is 4.52 Å².